The minimum Gasteiger partial charge on any atom is -0.424 e. The van der Waals surface area contributed by atoms with Gasteiger partial charge in [-0.05, 0) is 18.2 Å². The molecule has 0 saturated carbocycles. The summed E-state index contributed by atoms with van der Waals surface area (Å²) in [4.78, 5) is 0. The minimum atomic E-state index is -4.77. The molecule has 1 aromatic heterocycles. The van der Waals surface area contributed by atoms with Crippen LogP contribution in [0.25, 0.3) is 0 Å². The van der Waals surface area contributed by atoms with E-state index in [0.717, 1.165) is 0 Å². The van der Waals surface area contributed by atoms with Crippen LogP contribution < -0.4 is 10.1 Å². The fraction of sp³-hybridized carbons (Fsp3) is 0.273. The van der Waals surface area contributed by atoms with Crippen LogP contribution in [0, 0.1) is 6.92 Å². The second kappa shape index (κ2) is 5.70. The lowest BCUT2D eigenvalue weighted by atomic mass is 10.3. The monoisotopic (exact) mass is 351 g/mol. The van der Waals surface area contributed by atoms with Gasteiger partial charge < -0.3 is 14.5 Å². The van der Waals surface area contributed by atoms with Crippen LogP contribution in [-0.2, 0) is 6.54 Å². The topological polar surface area (TPSA) is 60.2 Å². The summed E-state index contributed by atoms with van der Waals surface area (Å²) in [5, 5.41) is 10.1. The summed E-state index contributed by atoms with van der Waals surface area (Å²) in [6.45, 7) is 1.71. The van der Waals surface area contributed by atoms with E-state index in [-0.39, 0.29) is 23.9 Å². The average Bonchev–Trinajstić information content (AvgIpc) is 2.72. The number of benzene rings is 1. The van der Waals surface area contributed by atoms with Crippen molar-refractivity contribution >= 4 is 21.6 Å². The van der Waals surface area contributed by atoms with Gasteiger partial charge in [-0.15, -0.1) is 23.4 Å². The molecule has 0 aliphatic carbocycles. The molecular formula is C11H9BrF3N3O2. The standard InChI is InChI=1S/C11H9BrF3N3O2/c1-6-17-18-10(19-6)5-16-8-3-2-7(12)4-9(8)20-11(13,14)15/h2-4,16H,5H2,1H3. The summed E-state index contributed by atoms with van der Waals surface area (Å²) >= 11 is 3.09. The van der Waals surface area contributed by atoms with E-state index >= 15 is 0 Å². The molecule has 1 N–H and O–H groups in total. The number of hydrogen-bond donors (Lipinski definition) is 1. The molecule has 20 heavy (non-hydrogen) atoms. The molecule has 2 aromatic rings. The van der Waals surface area contributed by atoms with Gasteiger partial charge in [0.2, 0.25) is 11.8 Å². The van der Waals surface area contributed by atoms with Crippen LogP contribution in [-0.4, -0.2) is 16.6 Å². The Labute approximate surface area is 120 Å². The lowest BCUT2D eigenvalue weighted by molar-refractivity contribution is -0.274. The van der Waals surface area contributed by atoms with E-state index in [1.807, 2.05) is 0 Å². The second-order valence-corrected chi connectivity index (χ2v) is 4.67. The minimum absolute atomic E-state index is 0.0939. The Morgan fingerprint density at radius 2 is 2.10 bits per heavy atom. The number of anilines is 1. The molecule has 0 fully saturated rings. The van der Waals surface area contributed by atoms with E-state index in [1.54, 1.807) is 13.0 Å². The molecule has 9 heteroatoms. The summed E-state index contributed by atoms with van der Waals surface area (Å²) in [7, 11) is 0. The first-order valence-corrected chi connectivity index (χ1v) is 6.21. The number of rotatable bonds is 4. The summed E-state index contributed by atoms with van der Waals surface area (Å²) < 4.78 is 46.5. The fourth-order valence-electron chi connectivity index (χ4n) is 1.43. The summed E-state index contributed by atoms with van der Waals surface area (Å²) in [6, 6.07) is 4.26. The zero-order valence-electron chi connectivity index (χ0n) is 10.2. The first-order chi connectivity index (χ1) is 9.33. The SMILES string of the molecule is Cc1nnc(CNc2ccc(Br)cc2OC(F)(F)F)o1. The Bertz CT molecular complexity index is 601. The molecule has 0 radical (unpaired) electrons. The van der Waals surface area contributed by atoms with Crippen molar-refractivity contribution in [2.75, 3.05) is 5.32 Å². The zero-order valence-corrected chi connectivity index (χ0v) is 11.7. The molecule has 0 saturated heterocycles. The first-order valence-electron chi connectivity index (χ1n) is 5.41. The molecule has 1 aromatic carbocycles. The molecule has 0 bridgehead atoms. The third-order valence-electron chi connectivity index (χ3n) is 2.17. The van der Waals surface area contributed by atoms with Crippen molar-refractivity contribution in [2.24, 2.45) is 0 Å². The van der Waals surface area contributed by atoms with E-state index in [4.69, 9.17) is 4.42 Å². The van der Waals surface area contributed by atoms with Gasteiger partial charge in [0, 0.05) is 11.4 Å². The van der Waals surface area contributed by atoms with E-state index in [0.29, 0.717) is 10.4 Å². The average molecular weight is 352 g/mol. The van der Waals surface area contributed by atoms with Crippen LogP contribution >= 0.6 is 15.9 Å². The van der Waals surface area contributed by atoms with Crippen LogP contribution in [0.2, 0.25) is 0 Å². The molecular weight excluding hydrogens is 343 g/mol. The number of nitrogens with zero attached hydrogens (tertiary/aromatic N) is 2. The van der Waals surface area contributed by atoms with Gasteiger partial charge in [-0.1, -0.05) is 15.9 Å². The lowest BCUT2D eigenvalue weighted by Gasteiger charge is -2.14. The second-order valence-electron chi connectivity index (χ2n) is 3.76. The molecule has 108 valence electrons. The molecule has 0 aliphatic heterocycles. The molecule has 5 nitrogen and oxygen atoms in total. The van der Waals surface area contributed by atoms with Gasteiger partial charge in [0.15, 0.2) is 5.75 Å². The van der Waals surface area contributed by atoms with Crippen LogP contribution in [0.1, 0.15) is 11.8 Å². The highest BCUT2D eigenvalue weighted by molar-refractivity contribution is 9.10. The Kier molecular flexibility index (Phi) is 4.17. The van der Waals surface area contributed by atoms with Crippen LogP contribution in [0.15, 0.2) is 27.1 Å². The van der Waals surface area contributed by atoms with E-state index in [9.17, 15) is 13.2 Å². The maximum absolute atomic E-state index is 12.3. The van der Waals surface area contributed by atoms with Gasteiger partial charge in [0.25, 0.3) is 0 Å². The van der Waals surface area contributed by atoms with Crippen molar-refractivity contribution in [2.45, 2.75) is 19.8 Å². The van der Waals surface area contributed by atoms with Crippen molar-refractivity contribution in [1.29, 1.82) is 0 Å². The third-order valence-corrected chi connectivity index (χ3v) is 2.66. The quantitative estimate of drug-likeness (QED) is 0.910. The Morgan fingerprint density at radius 1 is 1.35 bits per heavy atom. The number of aryl methyl sites for hydroxylation is 1. The van der Waals surface area contributed by atoms with Crippen LogP contribution in [0.4, 0.5) is 18.9 Å². The van der Waals surface area contributed by atoms with E-state index < -0.39 is 6.36 Å². The number of ether oxygens (including phenoxy) is 1. The lowest BCUT2D eigenvalue weighted by Crippen LogP contribution is -2.18. The van der Waals surface area contributed by atoms with E-state index in [2.05, 4.69) is 36.2 Å². The summed E-state index contributed by atoms with van der Waals surface area (Å²) in [6.07, 6.45) is -4.77. The normalized spacial score (nSPS) is 11.4. The number of halogens is 4. The molecule has 0 aliphatic rings. The van der Waals surface area contributed by atoms with Gasteiger partial charge >= 0.3 is 6.36 Å². The maximum atomic E-state index is 12.3. The Hall–Kier alpha value is -1.77. The highest BCUT2D eigenvalue weighted by Gasteiger charge is 2.32. The van der Waals surface area contributed by atoms with Gasteiger partial charge in [-0.25, -0.2) is 0 Å². The summed E-state index contributed by atoms with van der Waals surface area (Å²) in [5.41, 5.74) is 0.168. The fourth-order valence-corrected chi connectivity index (χ4v) is 1.77. The summed E-state index contributed by atoms with van der Waals surface area (Å²) in [5.74, 6) is 0.302. The smallest absolute Gasteiger partial charge is 0.424 e. The maximum Gasteiger partial charge on any atom is 0.573 e. The first kappa shape index (κ1) is 14.6. The van der Waals surface area contributed by atoms with Gasteiger partial charge in [0.05, 0.1) is 12.2 Å². The molecule has 0 amide bonds. The van der Waals surface area contributed by atoms with E-state index in [1.165, 1.54) is 12.1 Å². The molecule has 0 atom stereocenters. The van der Waals surface area contributed by atoms with Gasteiger partial charge in [0.1, 0.15) is 0 Å². The van der Waals surface area contributed by atoms with Crippen LogP contribution in [0.5, 0.6) is 5.75 Å². The van der Waals surface area contributed by atoms with Crippen molar-refractivity contribution in [3.63, 3.8) is 0 Å². The Balaban J connectivity index is 2.14. The highest BCUT2D eigenvalue weighted by Crippen LogP contribution is 2.33. The molecule has 1 heterocycles. The highest BCUT2D eigenvalue weighted by atomic mass is 79.9. The predicted octanol–water partition coefficient (Wildman–Crippen LogP) is 3.65. The van der Waals surface area contributed by atoms with Gasteiger partial charge in [-0.3, -0.25) is 0 Å². The number of nitrogens with one attached hydrogen (secondary N) is 1. The number of hydrogen-bond acceptors (Lipinski definition) is 5. The van der Waals surface area contributed by atoms with Crippen LogP contribution in [0.3, 0.4) is 0 Å². The molecule has 0 unspecified atom stereocenters. The van der Waals surface area contributed by atoms with Crippen molar-refractivity contribution < 1.29 is 22.3 Å². The van der Waals surface area contributed by atoms with Crippen molar-refractivity contribution in [3.05, 3.63) is 34.5 Å². The zero-order chi connectivity index (χ0) is 14.8. The molecule has 0 spiro atoms. The number of alkyl halides is 3. The van der Waals surface area contributed by atoms with Gasteiger partial charge in [-0.2, -0.15) is 0 Å². The number of aromatic nitrogens is 2. The molecule has 2 rings (SSSR count). The van der Waals surface area contributed by atoms with Crippen molar-refractivity contribution in [1.82, 2.24) is 10.2 Å². The predicted molar refractivity (Wildman–Crippen MR) is 67.2 cm³/mol. The Morgan fingerprint density at radius 3 is 2.70 bits per heavy atom. The van der Waals surface area contributed by atoms with Crippen molar-refractivity contribution in [3.8, 4) is 5.75 Å². The largest absolute Gasteiger partial charge is 0.573 e. The third kappa shape index (κ3) is 4.12.